The van der Waals surface area contributed by atoms with Crippen molar-refractivity contribution in [2.75, 3.05) is 26.2 Å². The number of aromatic nitrogens is 2. The van der Waals surface area contributed by atoms with Crippen molar-refractivity contribution in [2.24, 2.45) is 5.92 Å². The number of piperidine rings is 1. The monoisotopic (exact) mass is 448 g/mol. The van der Waals surface area contributed by atoms with Crippen LogP contribution in [0.5, 0.6) is 0 Å². The Balaban J connectivity index is 1.35. The Bertz CT molecular complexity index is 1010. The first-order valence-corrected chi connectivity index (χ1v) is 12.0. The van der Waals surface area contributed by atoms with Crippen molar-refractivity contribution >= 4 is 15.9 Å². The molecule has 0 radical (unpaired) electrons. The van der Waals surface area contributed by atoms with Crippen molar-refractivity contribution in [3.8, 4) is 0 Å². The summed E-state index contributed by atoms with van der Waals surface area (Å²) in [6.45, 7) is 5.22. The van der Waals surface area contributed by atoms with E-state index in [0.717, 1.165) is 12.8 Å². The second-order valence-electron chi connectivity index (χ2n) is 8.40. The van der Waals surface area contributed by atoms with Crippen molar-refractivity contribution in [3.05, 3.63) is 41.5 Å². The van der Waals surface area contributed by atoms with E-state index in [1.54, 1.807) is 38.4 Å². The van der Waals surface area contributed by atoms with Crippen molar-refractivity contribution in [1.82, 2.24) is 19.8 Å². The van der Waals surface area contributed by atoms with Gasteiger partial charge in [0.05, 0.1) is 11.2 Å². The maximum absolute atomic E-state index is 13.1. The van der Waals surface area contributed by atoms with Crippen LogP contribution in [0.15, 0.2) is 33.9 Å². The first kappa shape index (κ1) is 21.9. The second-order valence-corrected chi connectivity index (χ2v) is 10.3. The highest BCUT2D eigenvalue weighted by Gasteiger charge is 2.43. The zero-order chi connectivity index (χ0) is 22.1. The van der Waals surface area contributed by atoms with E-state index in [1.165, 1.54) is 4.31 Å². The van der Waals surface area contributed by atoms with E-state index in [1.807, 2.05) is 0 Å². The normalized spacial score (nSPS) is 21.8. The fourth-order valence-electron chi connectivity index (χ4n) is 4.59. The van der Waals surface area contributed by atoms with Crippen LogP contribution in [0.1, 0.15) is 47.5 Å². The van der Waals surface area contributed by atoms with E-state index < -0.39 is 10.0 Å². The van der Waals surface area contributed by atoms with E-state index in [0.29, 0.717) is 62.0 Å². The van der Waals surface area contributed by atoms with E-state index in [9.17, 15) is 13.2 Å². The smallest absolute Gasteiger partial charge is 0.252 e. The molecule has 4 rings (SSSR count). The Morgan fingerprint density at radius 2 is 2.10 bits per heavy atom. The van der Waals surface area contributed by atoms with E-state index in [2.05, 4.69) is 15.5 Å². The Labute approximate surface area is 182 Å². The van der Waals surface area contributed by atoms with Crippen LogP contribution in [0.3, 0.4) is 0 Å². The molecule has 1 amide bonds. The van der Waals surface area contributed by atoms with Gasteiger partial charge in [-0.05, 0) is 57.6 Å². The Kier molecular flexibility index (Phi) is 6.14. The van der Waals surface area contributed by atoms with Crippen LogP contribution in [-0.2, 0) is 14.8 Å². The van der Waals surface area contributed by atoms with E-state index >= 15 is 0 Å². The van der Waals surface area contributed by atoms with Crippen LogP contribution in [-0.4, -0.2) is 60.6 Å². The van der Waals surface area contributed by atoms with Crippen LogP contribution in [0.25, 0.3) is 0 Å². The molecule has 0 aliphatic carbocycles. The van der Waals surface area contributed by atoms with Gasteiger partial charge in [-0.1, -0.05) is 5.16 Å². The number of aryl methyl sites for hydroxylation is 2. The van der Waals surface area contributed by atoms with Gasteiger partial charge in [0.15, 0.2) is 5.76 Å². The summed E-state index contributed by atoms with van der Waals surface area (Å²) in [5.74, 6) is 0.477. The Hall–Kier alpha value is -2.30. The first-order valence-electron chi connectivity index (χ1n) is 10.6. The molecule has 1 spiro atoms. The number of rotatable bonds is 5. The molecule has 0 bridgehead atoms. The highest BCUT2D eigenvalue weighted by Crippen LogP contribution is 2.39. The molecule has 0 saturated carbocycles. The van der Waals surface area contributed by atoms with Crippen molar-refractivity contribution in [1.29, 1.82) is 0 Å². The molecule has 10 heteroatoms. The van der Waals surface area contributed by atoms with Gasteiger partial charge in [-0.3, -0.25) is 9.78 Å². The molecule has 9 nitrogen and oxygen atoms in total. The van der Waals surface area contributed by atoms with Crippen LogP contribution in [0.4, 0.5) is 0 Å². The number of carbonyl (C=O) groups excluding carboxylic acids is 1. The quantitative estimate of drug-likeness (QED) is 0.744. The minimum atomic E-state index is -3.64. The van der Waals surface area contributed by atoms with Crippen LogP contribution >= 0.6 is 0 Å². The molecular formula is C21H28N4O5S. The molecule has 1 atom stereocenters. The highest BCUT2D eigenvalue weighted by atomic mass is 32.2. The lowest BCUT2D eigenvalue weighted by atomic mass is 9.80. The molecule has 2 aromatic heterocycles. The van der Waals surface area contributed by atoms with Crippen LogP contribution in [0.2, 0.25) is 0 Å². The van der Waals surface area contributed by atoms with E-state index in [-0.39, 0.29) is 16.4 Å². The SMILES string of the molecule is Cc1noc(C)c1S(=O)(=O)N1CCC2(CC1)CC(CNC(=O)c1cccnc1)CCO2. The molecule has 168 valence electrons. The summed E-state index contributed by atoms with van der Waals surface area (Å²) < 4.78 is 38.9. The van der Waals surface area contributed by atoms with Crippen molar-refractivity contribution in [3.63, 3.8) is 0 Å². The molecule has 2 aromatic rings. The van der Waals surface area contributed by atoms with Gasteiger partial charge in [-0.2, -0.15) is 4.31 Å². The number of ether oxygens (including phenoxy) is 1. The standard InChI is InChI=1S/C21H28N4O5S/c1-15-19(16(2)30-24-15)31(27,28)25-9-6-21(7-10-25)12-17(5-11-29-21)13-23-20(26)18-4-3-8-22-14-18/h3-4,8,14,17H,5-7,9-13H2,1-2H3,(H,23,26). The Morgan fingerprint density at radius 1 is 1.32 bits per heavy atom. The number of hydrogen-bond acceptors (Lipinski definition) is 7. The lowest BCUT2D eigenvalue weighted by Gasteiger charge is -2.45. The fourth-order valence-corrected chi connectivity index (χ4v) is 6.33. The first-order chi connectivity index (χ1) is 14.8. The number of nitrogens with zero attached hydrogens (tertiary/aromatic N) is 3. The number of nitrogens with one attached hydrogen (secondary N) is 1. The largest absolute Gasteiger partial charge is 0.375 e. The van der Waals surface area contributed by atoms with Gasteiger partial charge in [0.1, 0.15) is 10.6 Å². The molecule has 4 heterocycles. The molecule has 2 saturated heterocycles. The number of amides is 1. The zero-order valence-corrected chi connectivity index (χ0v) is 18.7. The summed E-state index contributed by atoms with van der Waals surface area (Å²) in [4.78, 5) is 16.5. The highest BCUT2D eigenvalue weighted by molar-refractivity contribution is 7.89. The third kappa shape index (κ3) is 4.51. The summed E-state index contributed by atoms with van der Waals surface area (Å²) >= 11 is 0. The molecule has 2 fully saturated rings. The molecule has 31 heavy (non-hydrogen) atoms. The van der Waals surface area contributed by atoms with Gasteiger partial charge in [0, 0.05) is 38.6 Å². The number of pyridine rings is 1. The molecule has 1 unspecified atom stereocenters. The van der Waals surface area contributed by atoms with Crippen LogP contribution < -0.4 is 5.32 Å². The topological polar surface area (TPSA) is 115 Å². The third-order valence-electron chi connectivity index (χ3n) is 6.27. The molecule has 2 aliphatic heterocycles. The van der Waals surface area contributed by atoms with Gasteiger partial charge in [-0.25, -0.2) is 8.42 Å². The summed E-state index contributed by atoms with van der Waals surface area (Å²) in [7, 11) is -3.64. The van der Waals surface area contributed by atoms with Crippen molar-refractivity contribution < 1.29 is 22.5 Å². The summed E-state index contributed by atoms with van der Waals surface area (Å²) in [5, 5.41) is 6.78. The summed E-state index contributed by atoms with van der Waals surface area (Å²) in [6.07, 6.45) is 6.12. The molecule has 2 aliphatic rings. The van der Waals surface area contributed by atoms with Gasteiger partial charge < -0.3 is 14.6 Å². The maximum atomic E-state index is 13.1. The number of sulfonamides is 1. The predicted octanol–water partition coefficient (Wildman–Crippen LogP) is 2.07. The average molecular weight is 449 g/mol. The fraction of sp³-hybridized carbons (Fsp3) is 0.571. The maximum Gasteiger partial charge on any atom is 0.252 e. The summed E-state index contributed by atoms with van der Waals surface area (Å²) in [6, 6.07) is 3.48. The molecule has 1 N–H and O–H groups in total. The van der Waals surface area contributed by atoms with Crippen LogP contribution in [0, 0.1) is 19.8 Å². The lowest BCUT2D eigenvalue weighted by molar-refractivity contribution is -0.119. The number of carbonyl (C=O) groups is 1. The minimum absolute atomic E-state index is 0.131. The number of hydrogen-bond donors (Lipinski definition) is 1. The average Bonchev–Trinajstić information content (AvgIpc) is 3.12. The third-order valence-corrected chi connectivity index (χ3v) is 8.41. The predicted molar refractivity (Wildman–Crippen MR) is 112 cm³/mol. The Morgan fingerprint density at radius 3 is 2.74 bits per heavy atom. The second kappa shape index (κ2) is 8.68. The van der Waals surface area contributed by atoms with Crippen molar-refractivity contribution in [2.45, 2.75) is 50.0 Å². The van der Waals surface area contributed by atoms with Gasteiger partial charge in [-0.15, -0.1) is 0 Å². The van der Waals surface area contributed by atoms with E-state index in [4.69, 9.17) is 9.26 Å². The van der Waals surface area contributed by atoms with Gasteiger partial charge in [0.2, 0.25) is 10.0 Å². The van der Waals surface area contributed by atoms with Gasteiger partial charge in [0.25, 0.3) is 5.91 Å². The van der Waals surface area contributed by atoms with Gasteiger partial charge >= 0.3 is 0 Å². The molecule has 0 aromatic carbocycles. The minimum Gasteiger partial charge on any atom is -0.375 e. The zero-order valence-electron chi connectivity index (χ0n) is 17.8. The lowest BCUT2D eigenvalue weighted by Crippen LogP contribution is -2.51. The summed E-state index contributed by atoms with van der Waals surface area (Å²) in [5.41, 5.74) is 0.588. The molecular weight excluding hydrogens is 420 g/mol.